The minimum Gasteiger partial charge on any atom is -0.383 e. The molecule has 3 amide bonds. The van der Waals surface area contributed by atoms with E-state index >= 15 is 0 Å². The van der Waals surface area contributed by atoms with E-state index in [1.807, 2.05) is 34.9 Å². The second kappa shape index (κ2) is 7.66. The summed E-state index contributed by atoms with van der Waals surface area (Å²) in [6.45, 7) is 6.33. The molecule has 1 atom stereocenters. The molecular weight excluding hydrogens is 330 g/mol. The average molecular weight is 359 g/mol. The van der Waals surface area contributed by atoms with Gasteiger partial charge in [0.05, 0.1) is 12.0 Å². The smallest absolute Gasteiger partial charge is 0.317 e. The van der Waals surface area contributed by atoms with Crippen LogP contribution in [0.1, 0.15) is 38.7 Å². The number of urea groups is 1. The van der Waals surface area contributed by atoms with Crippen molar-refractivity contribution in [3.05, 3.63) is 29.8 Å². The third-order valence-corrected chi connectivity index (χ3v) is 5.77. The summed E-state index contributed by atoms with van der Waals surface area (Å²) >= 11 is 0. The van der Waals surface area contributed by atoms with Gasteiger partial charge in [0.25, 0.3) is 0 Å². The van der Waals surface area contributed by atoms with Gasteiger partial charge in [0.2, 0.25) is 5.91 Å². The van der Waals surface area contributed by atoms with E-state index in [1.54, 1.807) is 7.11 Å². The number of anilines is 1. The summed E-state index contributed by atoms with van der Waals surface area (Å²) in [7, 11) is 1.65. The van der Waals surface area contributed by atoms with Crippen molar-refractivity contribution in [2.75, 3.05) is 38.3 Å². The van der Waals surface area contributed by atoms with Gasteiger partial charge in [-0.25, -0.2) is 4.79 Å². The fourth-order valence-electron chi connectivity index (χ4n) is 3.98. The quantitative estimate of drug-likeness (QED) is 0.879. The second-order valence-electron chi connectivity index (χ2n) is 7.29. The Bertz CT molecular complexity index is 668. The molecule has 1 fully saturated rings. The number of para-hydroxylation sites is 1. The lowest BCUT2D eigenvalue weighted by Gasteiger charge is -2.38. The van der Waals surface area contributed by atoms with Crippen LogP contribution in [0.15, 0.2) is 24.3 Å². The van der Waals surface area contributed by atoms with Gasteiger partial charge in [-0.2, -0.15) is 0 Å². The standard InChI is InChI=1S/C20H29N3O3/c1-4-15(2)21-19(25)22-11-9-20(10-12-22)16-7-5-6-8-17(16)23(18(20)24)13-14-26-3/h5-8,15H,4,9-14H2,1-3H3,(H,21,25). The lowest BCUT2D eigenvalue weighted by atomic mass is 9.73. The molecule has 2 aliphatic heterocycles. The maximum atomic E-state index is 13.3. The van der Waals surface area contributed by atoms with E-state index in [9.17, 15) is 9.59 Å². The van der Waals surface area contributed by atoms with Gasteiger partial charge in [-0.1, -0.05) is 25.1 Å². The predicted molar refractivity (Wildman–Crippen MR) is 101 cm³/mol. The zero-order valence-corrected chi connectivity index (χ0v) is 16.0. The van der Waals surface area contributed by atoms with Crippen molar-refractivity contribution in [1.29, 1.82) is 0 Å². The monoisotopic (exact) mass is 359 g/mol. The molecule has 1 saturated heterocycles. The molecule has 142 valence electrons. The predicted octanol–water partition coefficient (Wildman–Crippen LogP) is 2.52. The van der Waals surface area contributed by atoms with Gasteiger partial charge in [-0.05, 0) is 37.8 Å². The van der Waals surface area contributed by atoms with Crippen LogP contribution in [0.25, 0.3) is 0 Å². The highest BCUT2D eigenvalue weighted by molar-refractivity contribution is 6.08. The Labute approximate surface area is 155 Å². The summed E-state index contributed by atoms with van der Waals surface area (Å²) in [6, 6.07) is 8.19. The maximum Gasteiger partial charge on any atom is 0.317 e. The lowest BCUT2D eigenvalue weighted by molar-refractivity contribution is -0.124. The first-order valence-electron chi connectivity index (χ1n) is 9.49. The fraction of sp³-hybridized carbons (Fsp3) is 0.600. The van der Waals surface area contributed by atoms with E-state index in [2.05, 4.69) is 18.3 Å². The topological polar surface area (TPSA) is 61.9 Å². The number of carbonyl (C=O) groups excluding carboxylic acids is 2. The lowest BCUT2D eigenvalue weighted by Crippen LogP contribution is -2.53. The molecule has 1 spiro atoms. The molecule has 6 heteroatoms. The fourth-order valence-corrected chi connectivity index (χ4v) is 3.98. The van der Waals surface area contributed by atoms with Crippen LogP contribution in [-0.4, -0.2) is 56.2 Å². The first kappa shape index (κ1) is 18.7. The Kier molecular flexibility index (Phi) is 5.51. The summed E-state index contributed by atoms with van der Waals surface area (Å²) in [5, 5.41) is 3.02. The molecule has 1 aromatic carbocycles. The molecule has 0 radical (unpaired) electrons. The molecule has 2 heterocycles. The number of hydrogen-bond acceptors (Lipinski definition) is 3. The van der Waals surface area contributed by atoms with Crippen LogP contribution in [-0.2, 0) is 14.9 Å². The van der Waals surface area contributed by atoms with E-state index in [-0.39, 0.29) is 18.0 Å². The van der Waals surface area contributed by atoms with Gasteiger partial charge in [-0.15, -0.1) is 0 Å². The van der Waals surface area contributed by atoms with Crippen LogP contribution in [0.5, 0.6) is 0 Å². The molecule has 0 bridgehead atoms. The van der Waals surface area contributed by atoms with Gasteiger partial charge >= 0.3 is 6.03 Å². The number of nitrogens with one attached hydrogen (secondary N) is 1. The van der Waals surface area contributed by atoms with Crippen LogP contribution in [0, 0.1) is 0 Å². The molecule has 1 N–H and O–H groups in total. The number of carbonyl (C=O) groups is 2. The summed E-state index contributed by atoms with van der Waals surface area (Å²) in [6.07, 6.45) is 2.24. The molecule has 6 nitrogen and oxygen atoms in total. The van der Waals surface area contributed by atoms with Crippen molar-refractivity contribution in [2.45, 2.75) is 44.6 Å². The summed E-state index contributed by atoms with van der Waals surface area (Å²) in [5.74, 6) is 0.151. The molecule has 26 heavy (non-hydrogen) atoms. The summed E-state index contributed by atoms with van der Waals surface area (Å²) < 4.78 is 5.18. The number of fused-ring (bicyclic) bond motifs is 2. The Morgan fingerprint density at radius 3 is 2.65 bits per heavy atom. The SMILES string of the molecule is CCC(C)NC(=O)N1CCC2(CC1)C(=O)N(CCOC)c1ccccc12. The number of methoxy groups -OCH3 is 1. The number of hydrogen-bond donors (Lipinski definition) is 1. The van der Waals surface area contributed by atoms with E-state index in [4.69, 9.17) is 4.74 Å². The molecule has 0 aromatic heterocycles. The van der Waals surface area contributed by atoms with Gasteiger partial charge < -0.3 is 19.9 Å². The van der Waals surface area contributed by atoms with Crippen molar-refractivity contribution >= 4 is 17.6 Å². The number of piperidine rings is 1. The van der Waals surface area contributed by atoms with Gasteiger partial charge in [0.1, 0.15) is 0 Å². The Morgan fingerprint density at radius 2 is 2.00 bits per heavy atom. The third-order valence-electron chi connectivity index (χ3n) is 5.77. The zero-order valence-electron chi connectivity index (χ0n) is 16.0. The largest absolute Gasteiger partial charge is 0.383 e. The van der Waals surface area contributed by atoms with Crippen molar-refractivity contribution < 1.29 is 14.3 Å². The number of nitrogens with zero attached hydrogens (tertiary/aromatic N) is 2. The molecule has 1 aromatic rings. The summed E-state index contributed by atoms with van der Waals surface area (Å²) in [5.41, 5.74) is 1.59. The van der Waals surface area contributed by atoms with E-state index in [0.29, 0.717) is 39.1 Å². The minimum absolute atomic E-state index is 0.0239. The third kappa shape index (κ3) is 3.18. The van der Waals surface area contributed by atoms with Crippen molar-refractivity contribution in [3.63, 3.8) is 0 Å². The number of rotatable bonds is 5. The Morgan fingerprint density at radius 1 is 1.31 bits per heavy atom. The Hall–Kier alpha value is -2.08. The normalized spacial score (nSPS) is 19.6. The first-order valence-corrected chi connectivity index (χ1v) is 9.49. The van der Waals surface area contributed by atoms with Crippen LogP contribution in [0.3, 0.4) is 0 Å². The zero-order chi connectivity index (χ0) is 18.7. The van der Waals surface area contributed by atoms with Crippen LogP contribution < -0.4 is 10.2 Å². The molecule has 2 aliphatic rings. The van der Waals surface area contributed by atoms with Crippen molar-refractivity contribution in [1.82, 2.24) is 10.2 Å². The number of likely N-dealkylation sites (tertiary alicyclic amines) is 1. The summed E-state index contributed by atoms with van der Waals surface area (Å²) in [4.78, 5) is 29.4. The minimum atomic E-state index is -0.502. The Balaban J connectivity index is 1.77. The second-order valence-corrected chi connectivity index (χ2v) is 7.29. The van der Waals surface area contributed by atoms with E-state index in [0.717, 1.165) is 17.7 Å². The van der Waals surface area contributed by atoms with Crippen molar-refractivity contribution in [3.8, 4) is 0 Å². The number of ether oxygens (including phenoxy) is 1. The van der Waals surface area contributed by atoms with E-state index < -0.39 is 5.41 Å². The van der Waals surface area contributed by atoms with Crippen LogP contribution in [0.4, 0.5) is 10.5 Å². The molecular formula is C20H29N3O3. The average Bonchev–Trinajstić information content (AvgIpc) is 2.89. The molecule has 0 aliphatic carbocycles. The number of benzene rings is 1. The van der Waals surface area contributed by atoms with Gasteiger partial charge in [0, 0.05) is 38.5 Å². The highest BCUT2D eigenvalue weighted by Crippen LogP contribution is 2.47. The van der Waals surface area contributed by atoms with E-state index in [1.165, 1.54) is 0 Å². The van der Waals surface area contributed by atoms with Crippen LogP contribution in [0.2, 0.25) is 0 Å². The van der Waals surface area contributed by atoms with Crippen molar-refractivity contribution in [2.24, 2.45) is 0 Å². The molecule has 3 rings (SSSR count). The maximum absolute atomic E-state index is 13.3. The van der Waals surface area contributed by atoms with Gasteiger partial charge in [-0.3, -0.25) is 4.79 Å². The molecule has 0 saturated carbocycles. The van der Waals surface area contributed by atoms with Crippen LogP contribution >= 0.6 is 0 Å². The van der Waals surface area contributed by atoms with Gasteiger partial charge in [0.15, 0.2) is 0 Å². The molecule has 1 unspecified atom stereocenters. The highest BCUT2D eigenvalue weighted by atomic mass is 16.5. The first-order chi connectivity index (χ1) is 12.5. The number of amides is 3. The highest BCUT2D eigenvalue weighted by Gasteiger charge is 2.52.